The van der Waals surface area contributed by atoms with Crippen LogP contribution in [0.3, 0.4) is 0 Å². The summed E-state index contributed by atoms with van der Waals surface area (Å²) in [5.41, 5.74) is 0. The third-order valence-corrected chi connectivity index (χ3v) is 2.00. The molecule has 1 aromatic heterocycles. The van der Waals surface area contributed by atoms with E-state index in [2.05, 4.69) is 4.98 Å². The Morgan fingerprint density at radius 1 is 1.33 bits per heavy atom. The highest BCUT2D eigenvalue weighted by Crippen LogP contribution is 2.28. The van der Waals surface area contributed by atoms with Gasteiger partial charge in [0.25, 0.3) is 0 Å². The lowest BCUT2D eigenvalue weighted by Crippen LogP contribution is -1.91. The van der Waals surface area contributed by atoms with Crippen LogP contribution in [0.25, 0.3) is 0 Å². The maximum absolute atomic E-state index is 10.2. The fourth-order valence-electron chi connectivity index (χ4n) is 0.622. The van der Waals surface area contributed by atoms with Crippen molar-refractivity contribution in [2.75, 3.05) is 0 Å². The van der Waals surface area contributed by atoms with Crippen molar-refractivity contribution in [3.05, 3.63) is 25.1 Å². The van der Waals surface area contributed by atoms with Crippen LogP contribution in [-0.2, 0) is 0 Å². The Morgan fingerprint density at radius 3 is 2.17 bits per heavy atom. The number of hydrogen-bond acceptors (Lipinski definition) is 6. The van der Waals surface area contributed by atoms with Gasteiger partial charge in [-0.1, -0.05) is 0 Å². The molecular weight excluding hydrogens is 186 g/mol. The van der Waals surface area contributed by atoms with Crippen molar-refractivity contribution in [1.82, 2.24) is 4.98 Å². The third kappa shape index (κ3) is 1.37. The first-order chi connectivity index (χ1) is 5.52. The van der Waals surface area contributed by atoms with Crippen LogP contribution in [0.1, 0.15) is 4.88 Å². The Kier molecular flexibility index (Phi) is 2.00. The molecule has 0 fully saturated rings. The summed E-state index contributed by atoms with van der Waals surface area (Å²) in [7, 11) is 0. The van der Waals surface area contributed by atoms with Gasteiger partial charge in [0.05, 0.1) is 0 Å². The van der Waals surface area contributed by atoms with Gasteiger partial charge < -0.3 is 20.2 Å². The van der Waals surface area contributed by atoms with Gasteiger partial charge in [0.2, 0.25) is 0 Å². The maximum Gasteiger partial charge on any atom is 0.427 e. The molecule has 0 aliphatic rings. The first-order valence-corrected chi connectivity index (χ1v) is 3.60. The molecule has 12 heavy (non-hydrogen) atoms. The summed E-state index contributed by atoms with van der Waals surface area (Å²) in [4.78, 5) is 22.3. The van der Waals surface area contributed by atoms with Crippen molar-refractivity contribution >= 4 is 22.3 Å². The SMILES string of the molecule is Cc1sc([N+](=O)[O-])nc1[N+](=O)[O-]. The van der Waals surface area contributed by atoms with Crippen molar-refractivity contribution < 1.29 is 9.85 Å². The molecule has 0 N–H and O–H groups in total. The zero-order valence-corrected chi connectivity index (χ0v) is 6.70. The Bertz CT molecular complexity index is 346. The molecule has 0 amide bonds. The largest absolute Gasteiger partial charge is 0.427 e. The molecule has 0 saturated carbocycles. The van der Waals surface area contributed by atoms with Gasteiger partial charge in [-0.25, -0.2) is 0 Å². The highest BCUT2D eigenvalue weighted by molar-refractivity contribution is 7.15. The van der Waals surface area contributed by atoms with Crippen LogP contribution in [0.5, 0.6) is 0 Å². The lowest BCUT2D eigenvalue weighted by atomic mass is 10.6. The smallest absolute Gasteiger partial charge is 0.358 e. The van der Waals surface area contributed by atoms with Crippen LogP contribution in [0.4, 0.5) is 10.9 Å². The molecule has 0 bridgehead atoms. The highest BCUT2D eigenvalue weighted by atomic mass is 32.1. The molecule has 0 saturated heterocycles. The second-order valence-corrected chi connectivity index (χ2v) is 3.07. The van der Waals surface area contributed by atoms with E-state index in [9.17, 15) is 20.2 Å². The van der Waals surface area contributed by atoms with Crippen LogP contribution >= 0.6 is 11.3 Å². The van der Waals surface area contributed by atoms with E-state index < -0.39 is 20.8 Å². The molecular formula is C4H3N3O4S. The second-order valence-electron chi connectivity index (χ2n) is 1.89. The van der Waals surface area contributed by atoms with E-state index in [4.69, 9.17) is 0 Å². The van der Waals surface area contributed by atoms with Gasteiger partial charge in [-0.05, 0) is 28.1 Å². The molecule has 0 aromatic carbocycles. The average molecular weight is 189 g/mol. The van der Waals surface area contributed by atoms with Crippen molar-refractivity contribution in [2.24, 2.45) is 0 Å². The average Bonchev–Trinajstić information content (AvgIpc) is 2.30. The minimum atomic E-state index is -0.745. The molecule has 1 rings (SSSR count). The molecule has 0 spiro atoms. The molecule has 1 aromatic rings. The summed E-state index contributed by atoms with van der Waals surface area (Å²) in [5.74, 6) is -0.438. The van der Waals surface area contributed by atoms with E-state index in [-0.39, 0.29) is 4.88 Å². The molecule has 64 valence electrons. The fourth-order valence-corrected chi connectivity index (χ4v) is 1.31. The van der Waals surface area contributed by atoms with Crippen LogP contribution in [0.15, 0.2) is 0 Å². The number of nitrogens with zero attached hydrogens (tertiary/aromatic N) is 3. The van der Waals surface area contributed by atoms with Crippen molar-refractivity contribution in [3.63, 3.8) is 0 Å². The predicted octanol–water partition coefficient (Wildman–Crippen LogP) is 1.27. The lowest BCUT2D eigenvalue weighted by Gasteiger charge is -1.85. The molecule has 0 aliphatic heterocycles. The van der Waals surface area contributed by atoms with Gasteiger partial charge in [0.1, 0.15) is 4.88 Å². The Labute approximate surface area is 70.0 Å². The fraction of sp³-hybridized carbons (Fsp3) is 0.250. The standard InChI is InChI=1S/C4H3N3O4S/c1-2-3(6(8)9)5-4(12-2)7(10)11/h1H3. The molecule has 0 aliphatic carbocycles. The summed E-state index contributed by atoms with van der Waals surface area (Å²) >= 11 is 0.699. The molecule has 1 heterocycles. The number of aromatic nitrogens is 1. The predicted molar refractivity (Wildman–Crippen MR) is 40.2 cm³/mol. The molecule has 0 radical (unpaired) electrons. The number of aryl methyl sites for hydroxylation is 1. The number of nitro groups is 2. The van der Waals surface area contributed by atoms with E-state index in [1.165, 1.54) is 6.92 Å². The maximum atomic E-state index is 10.2. The Balaban J connectivity index is 3.17. The zero-order valence-electron chi connectivity index (χ0n) is 5.88. The third-order valence-electron chi connectivity index (χ3n) is 1.09. The quantitative estimate of drug-likeness (QED) is 0.515. The van der Waals surface area contributed by atoms with E-state index in [0.29, 0.717) is 11.3 Å². The lowest BCUT2D eigenvalue weighted by molar-refractivity contribution is -0.399. The monoisotopic (exact) mass is 189 g/mol. The van der Waals surface area contributed by atoms with Gasteiger partial charge in [-0.2, -0.15) is 0 Å². The van der Waals surface area contributed by atoms with Gasteiger partial charge >= 0.3 is 10.9 Å². The van der Waals surface area contributed by atoms with Gasteiger partial charge in [0, 0.05) is 4.98 Å². The summed E-state index contributed by atoms with van der Waals surface area (Å²) in [6.45, 7) is 1.42. The van der Waals surface area contributed by atoms with Gasteiger partial charge in [-0.3, -0.25) is 0 Å². The Morgan fingerprint density at radius 2 is 1.92 bits per heavy atom. The first kappa shape index (κ1) is 8.53. The summed E-state index contributed by atoms with van der Waals surface area (Å²) < 4.78 is 0. The summed E-state index contributed by atoms with van der Waals surface area (Å²) in [6.07, 6.45) is 0. The summed E-state index contributed by atoms with van der Waals surface area (Å²) in [6, 6.07) is 0. The number of thiazole rings is 1. The molecule has 7 nitrogen and oxygen atoms in total. The highest BCUT2D eigenvalue weighted by Gasteiger charge is 2.22. The van der Waals surface area contributed by atoms with Crippen LogP contribution in [-0.4, -0.2) is 14.8 Å². The van der Waals surface area contributed by atoms with Gasteiger partial charge in [-0.15, -0.1) is 0 Å². The minimum Gasteiger partial charge on any atom is -0.358 e. The molecule has 0 atom stereocenters. The normalized spacial score (nSPS) is 9.75. The minimum absolute atomic E-state index is 0.242. The molecule has 8 heteroatoms. The molecule has 0 unspecified atom stereocenters. The number of hydrogen-bond donors (Lipinski definition) is 0. The van der Waals surface area contributed by atoms with E-state index >= 15 is 0 Å². The van der Waals surface area contributed by atoms with E-state index in [1.807, 2.05) is 0 Å². The van der Waals surface area contributed by atoms with Crippen molar-refractivity contribution in [3.8, 4) is 0 Å². The van der Waals surface area contributed by atoms with Crippen LogP contribution in [0.2, 0.25) is 0 Å². The van der Waals surface area contributed by atoms with Gasteiger partial charge in [0.15, 0.2) is 0 Å². The first-order valence-electron chi connectivity index (χ1n) is 2.78. The van der Waals surface area contributed by atoms with Crippen LogP contribution in [0, 0.1) is 27.2 Å². The second kappa shape index (κ2) is 2.81. The Hall–Kier alpha value is -1.57. The van der Waals surface area contributed by atoms with Crippen molar-refractivity contribution in [1.29, 1.82) is 0 Å². The van der Waals surface area contributed by atoms with Crippen molar-refractivity contribution in [2.45, 2.75) is 6.92 Å². The van der Waals surface area contributed by atoms with Crippen LogP contribution < -0.4 is 0 Å². The summed E-state index contributed by atoms with van der Waals surface area (Å²) in [5, 5.41) is 19.9. The van der Waals surface area contributed by atoms with E-state index in [1.54, 1.807) is 0 Å². The number of rotatable bonds is 2. The zero-order chi connectivity index (χ0) is 9.30. The van der Waals surface area contributed by atoms with E-state index in [0.717, 1.165) is 0 Å². The topological polar surface area (TPSA) is 99.2 Å².